The Labute approximate surface area is 196 Å². The number of nitrogens with zero attached hydrogens (tertiary/aromatic N) is 3. The van der Waals surface area contributed by atoms with E-state index in [4.69, 9.17) is 4.74 Å². The summed E-state index contributed by atoms with van der Waals surface area (Å²) in [4.78, 5) is 13.1. The Morgan fingerprint density at radius 1 is 1.15 bits per heavy atom. The van der Waals surface area contributed by atoms with E-state index in [1.54, 1.807) is 13.0 Å². The Bertz CT molecular complexity index is 1370. The quantitative estimate of drug-likeness (QED) is 0.547. The summed E-state index contributed by atoms with van der Waals surface area (Å²) in [6, 6.07) is 7.82. The first kappa shape index (κ1) is 23.8. The molecule has 180 valence electrons. The molecule has 0 unspecified atom stereocenters. The molecule has 0 radical (unpaired) electrons. The third-order valence-corrected chi connectivity index (χ3v) is 7.39. The second-order valence-electron chi connectivity index (χ2n) is 7.97. The van der Waals surface area contributed by atoms with Crippen LogP contribution in [0.15, 0.2) is 41.3 Å². The summed E-state index contributed by atoms with van der Waals surface area (Å²) >= 11 is 0. The number of ether oxygens (including phenoxy) is 1. The fraction of sp³-hybridized carbons (Fsp3) is 0.304. The molecule has 1 aromatic heterocycles. The highest BCUT2D eigenvalue weighted by molar-refractivity contribution is 7.89. The summed E-state index contributed by atoms with van der Waals surface area (Å²) in [5.41, 5.74) is 2.22. The Hall–Kier alpha value is -3.31. The number of halogens is 2. The molecule has 1 N–H and O–H groups in total. The summed E-state index contributed by atoms with van der Waals surface area (Å²) in [7, 11) is -1.02. The minimum atomic E-state index is -3.83. The van der Waals surface area contributed by atoms with Crippen LogP contribution in [-0.2, 0) is 22.9 Å². The van der Waals surface area contributed by atoms with Gasteiger partial charge in [-0.3, -0.25) is 4.79 Å². The largest absolute Gasteiger partial charge is 0.492 e. The van der Waals surface area contributed by atoms with Crippen LogP contribution in [0.3, 0.4) is 0 Å². The molecule has 2 aromatic carbocycles. The van der Waals surface area contributed by atoms with Crippen molar-refractivity contribution in [2.24, 2.45) is 0 Å². The molecule has 1 heterocycles. The third-order valence-electron chi connectivity index (χ3n) is 5.55. The van der Waals surface area contributed by atoms with E-state index < -0.39 is 27.6 Å². The van der Waals surface area contributed by atoms with Gasteiger partial charge in [0.05, 0.1) is 12.3 Å². The molecule has 8 nitrogen and oxygen atoms in total. The fourth-order valence-electron chi connectivity index (χ4n) is 3.90. The van der Waals surface area contributed by atoms with Crippen molar-refractivity contribution in [1.29, 1.82) is 0 Å². The topological polar surface area (TPSA) is 93.5 Å². The second kappa shape index (κ2) is 9.15. The van der Waals surface area contributed by atoms with Crippen LogP contribution in [0.1, 0.15) is 35.1 Å². The highest BCUT2D eigenvalue weighted by Crippen LogP contribution is 2.31. The van der Waals surface area contributed by atoms with Crippen molar-refractivity contribution >= 4 is 21.6 Å². The van der Waals surface area contributed by atoms with Gasteiger partial charge in [0, 0.05) is 37.1 Å². The molecule has 1 amide bonds. The number of carbonyl (C=O) groups excluding carboxylic acids is 1. The first-order valence-electron chi connectivity index (χ1n) is 10.7. The number of hydrogen-bond acceptors (Lipinski definition) is 5. The molecule has 3 aromatic rings. The molecular formula is C23H24F2N4O4S. The van der Waals surface area contributed by atoms with Crippen LogP contribution in [0.4, 0.5) is 14.5 Å². The van der Waals surface area contributed by atoms with Crippen molar-refractivity contribution in [2.75, 3.05) is 26.0 Å². The van der Waals surface area contributed by atoms with Gasteiger partial charge >= 0.3 is 0 Å². The first-order valence-corrected chi connectivity index (χ1v) is 12.1. The second-order valence-corrected chi connectivity index (χ2v) is 10.1. The van der Waals surface area contributed by atoms with Gasteiger partial charge in [-0.05, 0) is 56.5 Å². The van der Waals surface area contributed by atoms with Gasteiger partial charge in [0.25, 0.3) is 5.91 Å². The molecule has 1 aliphatic carbocycles. The molecule has 0 saturated carbocycles. The van der Waals surface area contributed by atoms with Crippen molar-refractivity contribution < 1.29 is 26.7 Å². The number of carbonyl (C=O) groups is 1. The summed E-state index contributed by atoms with van der Waals surface area (Å²) in [5.74, 6) is -2.33. The highest BCUT2D eigenvalue weighted by atomic mass is 32.2. The van der Waals surface area contributed by atoms with Gasteiger partial charge in [0.15, 0.2) is 17.3 Å². The minimum absolute atomic E-state index is 0.0744. The average Bonchev–Trinajstić information content (AvgIpc) is 3.39. The van der Waals surface area contributed by atoms with Gasteiger partial charge in [-0.25, -0.2) is 26.2 Å². The zero-order chi connectivity index (χ0) is 24.6. The normalized spacial score (nSPS) is 13.2. The van der Waals surface area contributed by atoms with Crippen molar-refractivity contribution in [1.82, 2.24) is 14.1 Å². The zero-order valence-corrected chi connectivity index (χ0v) is 19.7. The third kappa shape index (κ3) is 4.28. The molecule has 0 spiro atoms. The van der Waals surface area contributed by atoms with Gasteiger partial charge in [0.2, 0.25) is 10.0 Å². The van der Waals surface area contributed by atoms with E-state index >= 15 is 0 Å². The SMILES string of the molecule is CCOc1ccc(NC(=O)c2nn(-c3ccc(F)c(F)c3)c3c2CCC3)cc1S(=O)(=O)N(C)C. The number of amides is 1. The first-order chi connectivity index (χ1) is 16.1. The number of hydrogen-bond donors (Lipinski definition) is 1. The molecule has 4 rings (SSSR count). The van der Waals surface area contributed by atoms with E-state index in [9.17, 15) is 22.0 Å². The molecular weight excluding hydrogens is 466 g/mol. The van der Waals surface area contributed by atoms with Crippen LogP contribution in [0.25, 0.3) is 5.69 Å². The molecule has 34 heavy (non-hydrogen) atoms. The zero-order valence-electron chi connectivity index (χ0n) is 18.9. The molecule has 0 fully saturated rings. The number of sulfonamides is 1. The predicted molar refractivity (Wildman–Crippen MR) is 122 cm³/mol. The lowest BCUT2D eigenvalue weighted by atomic mass is 10.2. The van der Waals surface area contributed by atoms with E-state index in [-0.39, 0.29) is 28.6 Å². The van der Waals surface area contributed by atoms with Crippen molar-refractivity contribution in [3.05, 3.63) is 65.0 Å². The molecule has 1 aliphatic rings. The van der Waals surface area contributed by atoms with Gasteiger partial charge in [-0.1, -0.05) is 0 Å². The van der Waals surface area contributed by atoms with Gasteiger partial charge in [0.1, 0.15) is 10.6 Å². The predicted octanol–water partition coefficient (Wildman–Crippen LogP) is 3.54. The minimum Gasteiger partial charge on any atom is -0.492 e. The number of nitrogens with one attached hydrogen (secondary N) is 1. The smallest absolute Gasteiger partial charge is 0.276 e. The summed E-state index contributed by atoms with van der Waals surface area (Å²) in [6.45, 7) is 2.01. The van der Waals surface area contributed by atoms with E-state index in [0.717, 1.165) is 34.1 Å². The van der Waals surface area contributed by atoms with E-state index in [0.29, 0.717) is 18.5 Å². The lowest BCUT2D eigenvalue weighted by Crippen LogP contribution is -2.23. The summed E-state index contributed by atoms with van der Waals surface area (Å²) in [5, 5.41) is 7.09. The summed E-state index contributed by atoms with van der Waals surface area (Å²) < 4.78 is 60.7. The lowest BCUT2D eigenvalue weighted by Gasteiger charge is -2.16. The van der Waals surface area contributed by atoms with Crippen LogP contribution in [0, 0.1) is 11.6 Å². The highest BCUT2D eigenvalue weighted by Gasteiger charge is 2.28. The maximum Gasteiger partial charge on any atom is 0.276 e. The number of anilines is 1. The Balaban J connectivity index is 1.69. The Morgan fingerprint density at radius 2 is 1.91 bits per heavy atom. The van der Waals surface area contributed by atoms with Gasteiger partial charge in [-0.2, -0.15) is 5.10 Å². The standard InChI is InChI=1S/C23H24F2N4O4S/c1-4-33-20-11-8-14(12-21(20)34(31,32)28(2)3)26-23(30)22-16-6-5-7-19(16)29(27-22)15-9-10-17(24)18(25)13-15/h8-13H,4-7H2,1-3H3,(H,26,30). The van der Waals surface area contributed by atoms with E-state index in [1.165, 1.54) is 37.0 Å². The van der Waals surface area contributed by atoms with Crippen LogP contribution in [-0.4, -0.2) is 49.1 Å². The lowest BCUT2D eigenvalue weighted by molar-refractivity contribution is 0.102. The van der Waals surface area contributed by atoms with E-state index in [1.807, 2.05) is 0 Å². The fourth-order valence-corrected chi connectivity index (χ4v) is 4.95. The number of aromatic nitrogens is 2. The van der Waals surface area contributed by atoms with E-state index in [2.05, 4.69) is 10.4 Å². The van der Waals surface area contributed by atoms with Crippen molar-refractivity contribution in [3.63, 3.8) is 0 Å². The van der Waals surface area contributed by atoms with Crippen LogP contribution in [0.5, 0.6) is 5.75 Å². The average molecular weight is 491 g/mol. The summed E-state index contributed by atoms with van der Waals surface area (Å²) in [6.07, 6.45) is 2.06. The van der Waals surface area contributed by atoms with Crippen LogP contribution in [0.2, 0.25) is 0 Å². The van der Waals surface area contributed by atoms with Gasteiger partial charge < -0.3 is 10.1 Å². The van der Waals surface area contributed by atoms with Crippen LogP contribution < -0.4 is 10.1 Å². The Morgan fingerprint density at radius 3 is 2.59 bits per heavy atom. The molecule has 0 saturated heterocycles. The number of rotatable bonds is 7. The Kier molecular flexibility index (Phi) is 6.41. The molecule has 0 atom stereocenters. The van der Waals surface area contributed by atoms with Crippen molar-refractivity contribution in [3.8, 4) is 11.4 Å². The van der Waals surface area contributed by atoms with Crippen LogP contribution >= 0.6 is 0 Å². The van der Waals surface area contributed by atoms with Gasteiger partial charge in [-0.15, -0.1) is 0 Å². The molecule has 11 heteroatoms. The molecule has 0 aliphatic heterocycles. The maximum atomic E-state index is 13.8. The monoisotopic (exact) mass is 490 g/mol. The molecule has 0 bridgehead atoms. The number of fused-ring (bicyclic) bond motifs is 1. The maximum absolute atomic E-state index is 13.8. The van der Waals surface area contributed by atoms with Crippen molar-refractivity contribution in [2.45, 2.75) is 31.1 Å². The number of benzene rings is 2.